The Morgan fingerprint density at radius 2 is 1.87 bits per heavy atom. The van der Waals surface area contributed by atoms with Crippen LogP contribution >= 0.6 is 0 Å². The molecule has 0 aromatic rings. The first kappa shape index (κ1) is 20.1. The van der Waals surface area contributed by atoms with E-state index in [4.69, 9.17) is 4.74 Å². The van der Waals surface area contributed by atoms with Gasteiger partial charge in [-0.15, -0.1) is 0 Å². The highest BCUT2D eigenvalue weighted by Crippen LogP contribution is 2.44. The van der Waals surface area contributed by atoms with E-state index in [2.05, 4.69) is 0 Å². The van der Waals surface area contributed by atoms with E-state index in [1.807, 2.05) is 19.9 Å². The molecule has 134 valence electrons. The predicted octanol–water partition coefficient (Wildman–Crippen LogP) is 1.05. The van der Waals surface area contributed by atoms with Crippen molar-refractivity contribution in [1.82, 2.24) is 0 Å². The molecule has 1 fully saturated rings. The predicted molar refractivity (Wildman–Crippen MR) is 85.7 cm³/mol. The summed E-state index contributed by atoms with van der Waals surface area (Å²) >= 11 is 0. The molecule has 0 radical (unpaired) electrons. The molecule has 1 aliphatic rings. The van der Waals surface area contributed by atoms with Gasteiger partial charge in [-0.2, -0.15) is 0 Å². The maximum absolute atomic E-state index is 11.3. The largest absolute Gasteiger partial charge is 0.457 e. The average molecular weight is 330 g/mol. The van der Waals surface area contributed by atoms with Crippen LogP contribution in [0.25, 0.3) is 0 Å². The van der Waals surface area contributed by atoms with Crippen LogP contribution in [0.5, 0.6) is 0 Å². The fourth-order valence-electron chi connectivity index (χ4n) is 3.14. The minimum absolute atomic E-state index is 0.000747. The molecule has 1 saturated carbocycles. The third kappa shape index (κ3) is 4.32. The normalized spacial score (nSPS) is 36.9. The molecule has 4 N–H and O–H groups in total. The number of carbonyl (C=O) groups is 1. The fraction of sp³-hybridized carbons (Fsp3) is 0.824. The Labute approximate surface area is 137 Å². The van der Waals surface area contributed by atoms with Crippen molar-refractivity contribution in [3.05, 3.63) is 11.6 Å². The summed E-state index contributed by atoms with van der Waals surface area (Å²) in [6.45, 7) is 7.95. The Morgan fingerprint density at radius 1 is 1.30 bits per heavy atom. The molecule has 1 rings (SSSR count). The number of aliphatic hydroxyl groups excluding tert-OH is 1. The van der Waals surface area contributed by atoms with E-state index in [1.54, 1.807) is 0 Å². The summed E-state index contributed by atoms with van der Waals surface area (Å²) in [4.78, 5) is 11.3. The summed E-state index contributed by atoms with van der Waals surface area (Å²) < 4.78 is 5.03. The smallest absolute Gasteiger partial charge is 0.303 e. The summed E-state index contributed by atoms with van der Waals surface area (Å²) in [5.74, 6) is -0.664. The van der Waals surface area contributed by atoms with Crippen molar-refractivity contribution in [3.8, 4) is 0 Å². The third-order valence-corrected chi connectivity index (χ3v) is 4.81. The summed E-state index contributed by atoms with van der Waals surface area (Å²) in [7, 11) is 0. The lowest BCUT2D eigenvalue weighted by molar-refractivity contribution is -0.274. The van der Waals surface area contributed by atoms with Gasteiger partial charge in [-0.1, -0.05) is 11.6 Å². The molecule has 5 atom stereocenters. The monoisotopic (exact) mass is 330 g/mol. The molecular formula is C17H30O6. The number of ether oxygens (including phenoxy) is 1. The van der Waals surface area contributed by atoms with E-state index in [0.717, 1.165) is 5.57 Å². The van der Waals surface area contributed by atoms with E-state index < -0.39 is 35.0 Å². The van der Waals surface area contributed by atoms with Crippen molar-refractivity contribution in [2.24, 2.45) is 0 Å². The molecule has 1 aliphatic carbocycles. The lowest BCUT2D eigenvalue weighted by atomic mass is 9.64. The van der Waals surface area contributed by atoms with Gasteiger partial charge in [-0.05, 0) is 53.4 Å². The molecule has 0 spiro atoms. The fourth-order valence-corrected chi connectivity index (χ4v) is 3.14. The molecule has 5 unspecified atom stereocenters. The second kappa shape index (κ2) is 6.89. The topological polar surface area (TPSA) is 107 Å². The van der Waals surface area contributed by atoms with Crippen LogP contribution in [0, 0.1) is 0 Å². The average Bonchev–Trinajstić information content (AvgIpc) is 2.38. The van der Waals surface area contributed by atoms with Crippen LogP contribution in [0.2, 0.25) is 0 Å². The first-order chi connectivity index (χ1) is 10.3. The van der Waals surface area contributed by atoms with Crippen molar-refractivity contribution in [2.45, 2.75) is 89.3 Å². The van der Waals surface area contributed by atoms with Crippen LogP contribution in [0.15, 0.2) is 11.6 Å². The van der Waals surface area contributed by atoms with Gasteiger partial charge in [0.1, 0.15) is 17.3 Å². The van der Waals surface area contributed by atoms with Gasteiger partial charge < -0.3 is 25.2 Å². The Morgan fingerprint density at radius 3 is 2.35 bits per heavy atom. The number of rotatable bonds is 5. The van der Waals surface area contributed by atoms with Crippen molar-refractivity contribution in [2.75, 3.05) is 0 Å². The highest BCUT2D eigenvalue weighted by molar-refractivity contribution is 5.66. The Hall–Kier alpha value is -0.950. The summed E-state index contributed by atoms with van der Waals surface area (Å²) in [6, 6.07) is 0. The zero-order valence-corrected chi connectivity index (χ0v) is 14.7. The van der Waals surface area contributed by atoms with Crippen molar-refractivity contribution >= 4 is 5.97 Å². The zero-order valence-electron chi connectivity index (χ0n) is 14.7. The molecule has 0 aliphatic heterocycles. The Bertz CT molecular complexity index is 464. The molecule has 0 bridgehead atoms. The van der Waals surface area contributed by atoms with Gasteiger partial charge in [0.2, 0.25) is 0 Å². The quantitative estimate of drug-likeness (QED) is 0.443. The van der Waals surface area contributed by atoms with Crippen LogP contribution in [-0.4, -0.2) is 55.4 Å². The lowest BCUT2D eigenvalue weighted by Gasteiger charge is -2.53. The number of hydrogen-bond acceptors (Lipinski definition) is 6. The Kier molecular flexibility index (Phi) is 6.02. The molecule has 0 heterocycles. The number of aliphatic hydroxyl groups is 4. The molecule has 0 amide bonds. The number of allylic oxidation sites excluding steroid dienone is 2. The van der Waals surface area contributed by atoms with E-state index in [1.165, 1.54) is 20.8 Å². The molecule has 6 nitrogen and oxygen atoms in total. The summed E-state index contributed by atoms with van der Waals surface area (Å²) in [5, 5.41) is 42.6. The summed E-state index contributed by atoms with van der Waals surface area (Å²) in [6.07, 6.45) is -0.0738. The molecular weight excluding hydrogens is 300 g/mol. The van der Waals surface area contributed by atoms with Crippen molar-refractivity contribution < 1.29 is 30.0 Å². The first-order valence-electron chi connectivity index (χ1n) is 7.99. The highest BCUT2D eigenvalue weighted by Gasteiger charge is 2.61. The number of esters is 1. The molecule has 6 heteroatoms. The first-order valence-corrected chi connectivity index (χ1v) is 7.99. The second-order valence-corrected chi connectivity index (χ2v) is 7.35. The van der Waals surface area contributed by atoms with Gasteiger partial charge in [0, 0.05) is 6.92 Å². The van der Waals surface area contributed by atoms with Crippen molar-refractivity contribution in [1.29, 1.82) is 0 Å². The van der Waals surface area contributed by atoms with E-state index >= 15 is 0 Å². The van der Waals surface area contributed by atoms with Crippen LogP contribution < -0.4 is 0 Å². The van der Waals surface area contributed by atoms with Gasteiger partial charge in [-0.25, -0.2) is 0 Å². The lowest BCUT2D eigenvalue weighted by Crippen LogP contribution is -2.70. The molecule has 23 heavy (non-hydrogen) atoms. The number of hydrogen-bond donors (Lipinski definition) is 4. The SMILES string of the molecule is CC(=O)OC1C(O)C(O)(C(C)(O)CCC=C(C)C)CCC1(C)O. The van der Waals surface area contributed by atoms with Crippen molar-refractivity contribution in [3.63, 3.8) is 0 Å². The second-order valence-electron chi connectivity index (χ2n) is 7.35. The Balaban J connectivity index is 3.03. The standard InChI is InChI=1S/C17H30O6/c1-11(2)7-6-8-16(5,21)17(22)10-9-15(4,20)14(13(17)19)23-12(3)18/h7,13-14,19-22H,6,8-10H2,1-5H3. The molecule has 0 aromatic carbocycles. The molecule has 0 aromatic heterocycles. The minimum Gasteiger partial charge on any atom is -0.457 e. The van der Waals surface area contributed by atoms with Gasteiger partial charge >= 0.3 is 5.97 Å². The third-order valence-electron chi connectivity index (χ3n) is 4.81. The minimum atomic E-state index is -1.87. The maximum Gasteiger partial charge on any atom is 0.303 e. The van der Waals surface area contributed by atoms with Crippen LogP contribution in [-0.2, 0) is 9.53 Å². The summed E-state index contributed by atoms with van der Waals surface area (Å²) in [5.41, 5.74) is -3.83. The molecule has 0 saturated heterocycles. The van der Waals surface area contributed by atoms with Gasteiger partial charge in [0.05, 0.1) is 5.60 Å². The maximum atomic E-state index is 11.3. The van der Waals surface area contributed by atoms with Crippen LogP contribution in [0.4, 0.5) is 0 Å². The van der Waals surface area contributed by atoms with Gasteiger partial charge in [-0.3, -0.25) is 4.79 Å². The number of carbonyl (C=O) groups excluding carboxylic acids is 1. The van der Waals surface area contributed by atoms with Gasteiger partial charge in [0.15, 0.2) is 6.10 Å². The van der Waals surface area contributed by atoms with E-state index in [9.17, 15) is 25.2 Å². The van der Waals surface area contributed by atoms with Gasteiger partial charge in [0.25, 0.3) is 0 Å². The van der Waals surface area contributed by atoms with E-state index in [-0.39, 0.29) is 19.3 Å². The van der Waals surface area contributed by atoms with Crippen LogP contribution in [0.1, 0.15) is 60.3 Å². The van der Waals surface area contributed by atoms with Crippen LogP contribution in [0.3, 0.4) is 0 Å². The zero-order chi connectivity index (χ0) is 18.1. The highest BCUT2D eigenvalue weighted by atomic mass is 16.6. The van der Waals surface area contributed by atoms with E-state index in [0.29, 0.717) is 6.42 Å².